The number of rotatable bonds is 1. The van der Waals surface area contributed by atoms with Crippen molar-refractivity contribution in [1.29, 1.82) is 0 Å². The van der Waals surface area contributed by atoms with Crippen molar-refractivity contribution in [3.05, 3.63) is 24.4 Å². The van der Waals surface area contributed by atoms with E-state index in [-0.39, 0.29) is 12.5 Å². The number of alkyl halides is 3. The van der Waals surface area contributed by atoms with Crippen LogP contribution in [0.25, 0.3) is 0 Å². The van der Waals surface area contributed by atoms with Crippen molar-refractivity contribution < 1.29 is 13.2 Å². The molecule has 5 heteroatoms. The minimum absolute atomic E-state index is 0.110. The minimum Gasteiger partial charge on any atom is -0.342 e. The first-order valence-corrected chi connectivity index (χ1v) is 5.26. The van der Waals surface area contributed by atoms with Crippen LogP contribution in [0.3, 0.4) is 0 Å². The lowest BCUT2D eigenvalue weighted by Crippen LogP contribution is -2.44. The van der Waals surface area contributed by atoms with Crippen LogP contribution in [-0.4, -0.2) is 23.2 Å². The lowest BCUT2D eigenvalue weighted by molar-refractivity contribution is -0.146. The van der Waals surface area contributed by atoms with E-state index in [0.29, 0.717) is 12.2 Å². The zero-order valence-corrected chi connectivity index (χ0v) is 8.91. The number of hydrogen-bond acceptors (Lipinski definition) is 2. The molecule has 2 nitrogen and oxygen atoms in total. The second kappa shape index (κ2) is 3.96. The topological polar surface area (TPSA) is 16.1 Å². The molecule has 1 saturated heterocycles. The van der Waals surface area contributed by atoms with E-state index in [0.717, 1.165) is 0 Å². The van der Waals surface area contributed by atoms with E-state index in [9.17, 15) is 13.2 Å². The van der Waals surface area contributed by atoms with Gasteiger partial charge in [0.1, 0.15) is 11.9 Å². The van der Waals surface area contributed by atoms with E-state index in [1.54, 1.807) is 25.1 Å². The lowest BCUT2D eigenvalue weighted by atomic mass is 10.2. The molecule has 2 atom stereocenters. The van der Waals surface area contributed by atoms with Gasteiger partial charge in [-0.3, -0.25) is 0 Å². The summed E-state index contributed by atoms with van der Waals surface area (Å²) in [6.07, 6.45) is -1.95. The van der Waals surface area contributed by atoms with Crippen LogP contribution in [0.2, 0.25) is 0 Å². The van der Waals surface area contributed by atoms with Crippen LogP contribution in [0.1, 0.15) is 19.8 Å². The molecule has 0 saturated carbocycles. The Balaban J connectivity index is 2.30. The summed E-state index contributed by atoms with van der Waals surface area (Å²) >= 11 is 0. The molecule has 2 rings (SSSR count). The third-order valence-corrected chi connectivity index (χ3v) is 2.96. The molecular formula is C11H13F3N2. The first kappa shape index (κ1) is 11.2. The minimum atomic E-state index is -4.18. The summed E-state index contributed by atoms with van der Waals surface area (Å²) in [6.45, 7) is 1.81. The fourth-order valence-electron chi connectivity index (χ4n) is 2.20. The Kier molecular flexibility index (Phi) is 2.78. The Morgan fingerprint density at radius 1 is 1.31 bits per heavy atom. The molecule has 1 aliphatic heterocycles. The van der Waals surface area contributed by atoms with Crippen molar-refractivity contribution in [1.82, 2.24) is 4.98 Å². The highest BCUT2D eigenvalue weighted by atomic mass is 19.4. The van der Waals surface area contributed by atoms with Gasteiger partial charge >= 0.3 is 6.18 Å². The highest BCUT2D eigenvalue weighted by Gasteiger charge is 2.48. The Morgan fingerprint density at radius 2 is 2.06 bits per heavy atom. The van der Waals surface area contributed by atoms with Crippen molar-refractivity contribution >= 4 is 5.82 Å². The highest BCUT2D eigenvalue weighted by molar-refractivity contribution is 5.42. The normalized spacial score (nSPS) is 26.1. The number of aromatic nitrogens is 1. The van der Waals surface area contributed by atoms with Crippen LogP contribution in [0.15, 0.2) is 24.4 Å². The molecule has 0 amide bonds. The van der Waals surface area contributed by atoms with Gasteiger partial charge in [-0.25, -0.2) is 4.98 Å². The molecule has 88 valence electrons. The summed E-state index contributed by atoms with van der Waals surface area (Å²) in [4.78, 5) is 5.38. The average molecular weight is 230 g/mol. The Bertz CT molecular complexity index is 350. The van der Waals surface area contributed by atoms with Crippen molar-refractivity contribution in [2.75, 3.05) is 4.90 Å². The molecule has 1 fully saturated rings. The fraction of sp³-hybridized carbons (Fsp3) is 0.545. The van der Waals surface area contributed by atoms with E-state index in [2.05, 4.69) is 4.98 Å². The van der Waals surface area contributed by atoms with Gasteiger partial charge in [0, 0.05) is 12.2 Å². The molecule has 0 aliphatic carbocycles. The van der Waals surface area contributed by atoms with Gasteiger partial charge in [0.25, 0.3) is 0 Å². The summed E-state index contributed by atoms with van der Waals surface area (Å²) < 4.78 is 38.4. The number of hydrogen-bond donors (Lipinski definition) is 0. The van der Waals surface area contributed by atoms with Gasteiger partial charge in [-0.15, -0.1) is 0 Å². The summed E-state index contributed by atoms with van der Waals surface area (Å²) in [5.74, 6) is 0.412. The highest BCUT2D eigenvalue weighted by Crippen LogP contribution is 2.37. The van der Waals surface area contributed by atoms with Gasteiger partial charge in [-0.1, -0.05) is 6.07 Å². The van der Waals surface area contributed by atoms with Crippen molar-refractivity contribution in [3.63, 3.8) is 0 Å². The summed E-state index contributed by atoms with van der Waals surface area (Å²) in [5.41, 5.74) is 0. The van der Waals surface area contributed by atoms with Gasteiger partial charge in [0.2, 0.25) is 0 Å². The fourth-order valence-corrected chi connectivity index (χ4v) is 2.20. The zero-order chi connectivity index (χ0) is 11.8. The average Bonchev–Trinajstić information content (AvgIpc) is 2.61. The second-order valence-corrected chi connectivity index (χ2v) is 4.08. The molecular weight excluding hydrogens is 217 g/mol. The summed E-state index contributed by atoms with van der Waals surface area (Å²) in [5, 5.41) is 0. The van der Waals surface area contributed by atoms with E-state index >= 15 is 0 Å². The first-order chi connectivity index (χ1) is 7.50. The first-order valence-electron chi connectivity index (χ1n) is 5.26. The van der Waals surface area contributed by atoms with Crippen LogP contribution in [0, 0.1) is 0 Å². The summed E-state index contributed by atoms with van der Waals surface area (Å²) in [6, 6.07) is 3.53. The van der Waals surface area contributed by atoms with Crippen molar-refractivity contribution in [3.8, 4) is 0 Å². The molecule has 1 aliphatic rings. The van der Waals surface area contributed by atoms with Gasteiger partial charge in [0.05, 0.1) is 0 Å². The van der Waals surface area contributed by atoms with Gasteiger partial charge < -0.3 is 4.90 Å². The molecule has 0 bridgehead atoms. The molecule has 1 aromatic rings. The molecule has 2 heterocycles. The van der Waals surface area contributed by atoms with E-state index in [1.165, 1.54) is 11.1 Å². The molecule has 0 radical (unpaired) electrons. The third kappa shape index (κ3) is 1.99. The van der Waals surface area contributed by atoms with Crippen molar-refractivity contribution in [2.45, 2.75) is 38.0 Å². The van der Waals surface area contributed by atoms with E-state index in [1.807, 2.05) is 0 Å². The number of nitrogens with zero attached hydrogens (tertiary/aromatic N) is 2. The smallest absolute Gasteiger partial charge is 0.342 e. The molecule has 2 unspecified atom stereocenters. The Hall–Kier alpha value is -1.26. The Labute approximate surface area is 92.1 Å². The monoisotopic (exact) mass is 230 g/mol. The molecule has 1 aromatic heterocycles. The second-order valence-electron chi connectivity index (χ2n) is 4.08. The van der Waals surface area contributed by atoms with Crippen LogP contribution in [0.5, 0.6) is 0 Å². The van der Waals surface area contributed by atoms with Crippen LogP contribution in [-0.2, 0) is 0 Å². The SMILES string of the molecule is CC1CCC(C(F)(F)F)N1c1ccccn1. The van der Waals surface area contributed by atoms with Crippen LogP contribution < -0.4 is 4.90 Å². The predicted molar refractivity (Wildman–Crippen MR) is 55.3 cm³/mol. The quantitative estimate of drug-likeness (QED) is 0.737. The Morgan fingerprint density at radius 3 is 2.62 bits per heavy atom. The van der Waals surface area contributed by atoms with Crippen LogP contribution in [0.4, 0.5) is 19.0 Å². The third-order valence-electron chi connectivity index (χ3n) is 2.96. The van der Waals surface area contributed by atoms with Gasteiger partial charge in [-0.2, -0.15) is 13.2 Å². The maximum atomic E-state index is 12.8. The molecule has 0 spiro atoms. The molecule has 0 N–H and O–H groups in total. The standard InChI is InChI=1S/C11H13F3N2/c1-8-5-6-9(11(12,13)14)16(8)10-4-2-3-7-15-10/h2-4,7-9H,5-6H2,1H3. The van der Waals surface area contributed by atoms with E-state index < -0.39 is 12.2 Å². The lowest BCUT2D eigenvalue weighted by Gasteiger charge is -2.30. The molecule has 16 heavy (non-hydrogen) atoms. The zero-order valence-electron chi connectivity index (χ0n) is 8.91. The van der Waals surface area contributed by atoms with Gasteiger partial charge in [-0.05, 0) is 31.9 Å². The maximum Gasteiger partial charge on any atom is 0.408 e. The predicted octanol–water partition coefficient (Wildman–Crippen LogP) is 3.00. The number of pyridine rings is 1. The molecule has 0 aromatic carbocycles. The van der Waals surface area contributed by atoms with Crippen molar-refractivity contribution in [2.24, 2.45) is 0 Å². The van der Waals surface area contributed by atoms with Crippen LogP contribution >= 0.6 is 0 Å². The summed E-state index contributed by atoms with van der Waals surface area (Å²) in [7, 11) is 0. The largest absolute Gasteiger partial charge is 0.408 e. The number of halogens is 3. The van der Waals surface area contributed by atoms with E-state index in [4.69, 9.17) is 0 Å². The maximum absolute atomic E-state index is 12.8. The van der Waals surface area contributed by atoms with Gasteiger partial charge in [0.15, 0.2) is 0 Å². The number of anilines is 1.